The molecule has 0 amide bonds. The van der Waals surface area contributed by atoms with Gasteiger partial charge in [0.25, 0.3) is 5.56 Å². The first-order valence-corrected chi connectivity index (χ1v) is 16.4. The Bertz CT molecular complexity index is 1820. The van der Waals surface area contributed by atoms with Crippen LogP contribution in [0.3, 0.4) is 0 Å². The molecule has 3 aromatic heterocycles. The molecular formula is C25H34N9O14P. The van der Waals surface area contributed by atoms with E-state index in [-0.39, 0.29) is 49.1 Å². The smallest absolute Gasteiger partial charge is 0.435 e. The van der Waals surface area contributed by atoms with E-state index in [0.29, 0.717) is 0 Å². The molecule has 268 valence electrons. The van der Waals surface area contributed by atoms with Crippen LogP contribution in [0.5, 0.6) is 0 Å². The maximum absolute atomic E-state index is 13.3. The quantitative estimate of drug-likeness (QED) is 0.136. The molecule has 0 bridgehead atoms. The molecule has 0 aromatic carbocycles. The van der Waals surface area contributed by atoms with Crippen LogP contribution in [0, 0.1) is 0 Å². The lowest BCUT2D eigenvalue weighted by Gasteiger charge is -2.23. The Morgan fingerprint density at radius 2 is 1.65 bits per heavy atom. The number of ether oxygens (including phenoxy) is 6. The molecule has 2 fully saturated rings. The number of nitrogens with zero attached hydrogens (tertiary/aromatic N) is 6. The molecule has 7 atom stereocenters. The fourth-order valence-electron chi connectivity index (χ4n) is 5.04. The van der Waals surface area contributed by atoms with Gasteiger partial charge in [0.1, 0.15) is 49.8 Å². The van der Waals surface area contributed by atoms with Gasteiger partial charge in [0.15, 0.2) is 11.2 Å². The number of aromatic nitrogens is 7. The number of phosphoric ester groups is 1. The highest BCUT2D eigenvalue weighted by molar-refractivity contribution is 7.47. The number of nitrogens with one attached hydrogen (secondary N) is 2. The molecule has 5 N–H and O–H groups in total. The van der Waals surface area contributed by atoms with Gasteiger partial charge in [0, 0.05) is 19.9 Å². The van der Waals surface area contributed by atoms with Crippen LogP contribution >= 0.6 is 7.82 Å². The van der Waals surface area contributed by atoms with Crippen LogP contribution in [0.25, 0.3) is 11.2 Å². The zero-order chi connectivity index (χ0) is 35.3. The van der Waals surface area contributed by atoms with Crippen molar-refractivity contribution >= 4 is 43.2 Å². The molecule has 0 saturated carbocycles. The number of fused-ring (bicyclic) bond motifs is 1. The Balaban J connectivity index is 1.31. The minimum atomic E-state index is -4.96. The fourth-order valence-corrected chi connectivity index (χ4v) is 6.00. The second kappa shape index (κ2) is 15.3. The van der Waals surface area contributed by atoms with E-state index in [9.17, 15) is 28.6 Å². The van der Waals surface area contributed by atoms with E-state index in [2.05, 4.69) is 30.2 Å². The number of hydrogen-bond donors (Lipinski definition) is 4. The highest BCUT2D eigenvalue weighted by Crippen LogP contribution is 2.49. The van der Waals surface area contributed by atoms with Crippen LogP contribution in [-0.2, 0) is 42.0 Å². The van der Waals surface area contributed by atoms with Crippen molar-refractivity contribution in [1.29, 1.82) is 0 Å². The van der Waals surface area contributed by atoms with E-state index in [1.807, 2.05) is 0 Å². The number of H-pyrrole nitrogens is 1. The summed E-state index contributed by atoms with van der Waals surface area (Å²) >= 11 is 0. The summed E-state index contributed by atoms with van der Waals surface area (Å²) in [5, 5.41) is 2.73. The number of nitrogens with two attached hydrogens (primary N) is 1. The number of rotatable bonds is 13. The first-order chi connectivity index (χ1) is 23.4. The Morgan fingerprint density at radius 3 is 2.35 bits per heavy atom. The van der Waals surface area contributed by atoms with Gasteiger partial charge in [-0.2, -0.15) is 9.97 Å². The first-order valence-electron chi connectivity index (χ1n) is 14.9. The molecule has 3 unspecified atom stereocenters. The molecule has 0 spiro atoms. The van der Waals surface area contributed by atoms with E-state index in [0.717, 1.165) is 10.9 Å². The maximum atomic E-state index is 13.3. The van der Waals surface area contributed by atoms with Crippen LogP contribution in [0.1, 0.15) is 39.1 Å². The third kappa shape index (κ3) is 8.50. The second-order valence-corrected chi connectivity index (χ2v) is 11.8. The molecule has 2 aliphatic rings. The van der Waals surface area contributed by atoms with Crippen molar-refractivity contribution in [2.75, 3.05) is 44.5 Å². The van der Waals surface area contributed by atoms with Crippen LogP contribution in [-0.4, -0.2) is 109 Å². The van der Waals surface area contributed by atoms with Crippen LogP contribution in [0.15, 0.2) is 22.2 Å². The van der Waals surface area contributed by atoms with E-state index in [1.165, 1.54) is 10.9 Å². The number of carbonyl (C=O) groups is 2. The molecule has 5 rings (SSSR count). The predicted octanol–water partition coefficient (Wildman–Crippen LogP) is 0.187. The summed E-state index contributed by atoms with van der Waals surface area (Å²) in [5.74, 6) is -0.120. The summed E-state index contributed by atoms with van der Waals surface area (Å²) in [4.78, 5) is 77.9. The maximum Gasteiger partial charge on any atom is 0.508 e. The van der Waals surface area contributed by atoms with Crippen LogP contribution in [0.2, 0.25) is 0 Å². The molecule has 24 heteroatoms. The monoisotopic (exact) mass is 715 g/mol. The lowest BCUT2D eigenvalue weighted by Crippen LogP contribution is -2.32. The van der Waals surface area contributed by atoms with Crippen molar-refractivity contribution in [2.45, 2.75) is 63.6 Å². The summed E-state index contributed by atoms with van der Waals surface area (Å²) in [6, 6.07) is 0. The van der Waals surface area contributed by atoms with Gasteiger partial charge in [-0.3, -0.25) is 28.0 Å². The van der Waals surface area contributed by atoms with Gasteiger partial charge in [-0.15, -0.1) is 0 Å². The number of anilines is 2. The summed E-state index contributed by atoms with van der Waals surface area (Å²) in [5.41, 5.74) is 4.28. The average molecular weight is 716 g/mol. The largest absolute Gasteiger partial charge is 0.508 e. The van der Waals surface area contributed by atoms with Crippen molar-refractivity contribution in [3.05, 3.63) is 33.5 Å². The van der Waals surface area contributed by atoms with Crippen molar-refractivity contribution in [1.82, 2.24) is 34.1 Å². The third-order valence-electron chi connectivity index (χ3n) is 7.20. The number of carbonyl (C=O) groups excluding carboxylic acids is 2. The molecule has 2 aliphatic heterocycles. The lowest BCUT2D eigenvalue weighted by atomic mass is 10.2. The lowest BCUT2D eigenvalue weighted by molar-refractivity contribution is -0.0666. The van der Waals surface area contributed by atoms with Gasteiger partial charge in [-0.1, -0.05) is 0 Å². The molecule has 0 aliphatic carbocycles. The van der Waals surface area contributed by atoms with Crippen molar-refractivity contribution in [3.8, 4) is 0 Å². The van der Waals surface area contributed by atoms with Gasteiger partial charge >= 0.3 is 25.8 Å². The zero-order valence-corrected chi connectivity index (χ0v) is 27.2. The van der Waals surface area contributed by atoms with E-state index < -0.39 is 81.5 Å². The first kappa shape index (κ1) is 35.6. The van der Waals surface area contributed by atoms with Crippen molar-refractivity contribution < 1.29 is 56.5 Å². The van der Waals surface area contributed by atoms with E-state index in [1.54, 1.807) is 20.9 Å². The molecular weight excluding hydrogens is 681 g/mol. The number of hydrogen-bond acceptors (Lipinski definition) is 19. The minimum Gasteiger partial charge on any atom is -0.435 e. The SMILES string of the molecule is CCOC(=O)OCC1O[C@@H](n2cnc3c(=O)[nH]c(NC)nc32)C[C@H]1OP(=O)(O)OCC1O[C@@H](n2cnc(N)nc2=O)C[C@H]1OC(=O)OCC. The normalized spacial score (nSPS) is 24.7. The van der Waals surface area contributed by atoms with Gasteiger partial charge in [0.2, 0.25) is 11.9 Å². The average Bonchev–Trinajstić information content (AvgIpc) is 3.76. The number of aromatic amines is 1. The minimum absolute atomic E-state index is 0.00436. The number of imidazole rings is 1. The van der Waals surface area contributed by atoms with Gasteiger partial charge in [-0.05, 0) is 13.8 Å². The molecule has 5 heterocycles. The Labute approximate surface area is 275 Å². The third-order valence-corrected chi connectivity index (χ3v) is 8.22. The van der Waals surface area contributed by atoms with E-state index in [4.69, 9.17) is 43.2 Å². The molecule has 0 radical (unpaired) electrons. The van der Waals surface area contributed by atoms with Gasteiger partial charge in [0.05, 0.1) is 26.1 Å². The Hall–Kier alpha value is -4.67. The standard InChI is InChI=1S/C25H34N9O14P/c1-4-41-24(37)43-8-14-13(7-16(45-14)33-10-28-18-19(33)30-22(27-3)31-20(18)35)48-49(39,40)44-9-15-12(47-25(38)42-5-2)6-17(46-15)34-11-29-21(26)32-23(34)36/h10-17H,4-9H2,1-3H3,(H,39,40)(H2,26,32,36)(H2,27,30,31,35)/t12-,13-,14?,15?,16-,17-/m1/s1. The summed E-state index contributed by atoms with van der Waals surface area (Å²) in [7, 11) is -3.41. The Morgan fingerprint density at radius 1 is 1.00 bits per heavy atom. The zero-order valence-electron chi connectivity index (χ0n) is 26.3. The fraction of sp³-hybridized carbons (Fsp3) is 0.600. The summed E-state index contributed by atoms with van der Waals surface area (Å²) in [6.07, 6.45) is -6.57. The number of phosphoric acid groups is 1. The summed E-state index contributed by atoms with van der Waals surface area (Å²) < 4.78 is 58.3. The molecule has 49 heavy (non-hydrogen) atoms. The molecule has 3 aromatic rings. The van der Waals surface area contributed by atoms with Crippen molar-refractivity contribution in [3.63, 3.8) is 0 Å². The highest BCUT2D eigenvalue weighted by Gasteiger charge is 2.45. The van der Waals surface area contributed by atoms with Gasteiger partial charge < -0.3 is 44.4 Å². The molecule has 2 saturated heterocycles. The molecule has 23 nitrogen and oxygen atoms in total. The highest BCUT2D eigenvalue weighted by atomic mass is 31.2. The van der Waals surface area contributed by atoms with Gasteiger partial charge in [-0.25, -0.2) is 28.9 Å². The number of nitrogen functional groups attached to an aromatic ring is 1. The summed E-state index contributed by atoms with van der Waals surface area (Å²) in [6.45, 7) is 2.06. The van der Waals surface area contributed by atoms with E-state index >= 15 is 0 Å². The Kier molecular flexibility index (Phi) is 11.1. The topological polar surface area (TPSA) is 295 Å². The second-order valence-electron chi connectivity index (χ2n) is 10.4. The van der Waals surface area contributed by atoms with Crippen molar-refractivity contribution in [2.24, 2.45) is 0 Å². The van der Waals surface area contributed by atoms with Crippen LogP contribution in [0.4, 0.5) is 21.5 Å². The predicted molar refractivity (Wildman–Crippen MR) is 161 cm³/mol. The van der Waals surface area contributed by atoms with Crippen LogP contribution < -0.4 is 22.3 Å².